The van der Waals surface area contributed by atoms with E-state index in [4.69, 9.17) is 4.74 Å². The SMILES string of the molecule is CN(C)C(=O)C[C@H](NC(=O)OCc1cccc2c1Cc1ccccc1-2)C(=O)Oc1c(F)c(F)c(F)c(F)c1F. The fourth-order valence-electron chi connectivity index (χ4n) is 4.08. The van der Waals surface area contributed by atoms with E-state index in [0.29, 0.717) is 12.0 Å². The first kappa shape index (κ1) is 27.6. The van der Waals surface area contributed by atoms with Gasteiger partial charge in [-0.2, -0.15) is 8.78 Å². The molecule has 0 heterocycles. The van der Waals surface area contributed by atoms with Crippen molar-refractivity contribution < 1.29 is 45.8 Å². The molecule has 39 heavy (non-hydrogen) atoms. The molecule has 0 aromatic heterocycles. The topological polar surface area (TPSA) is 84.9 Å². The number of benzene rings is 3. The van der Waals surface area contributed by atoms with Gasteiger partial charge in [-0.25, -0.2) is 22.8 Å². The second kappa shape index (κ2) is 11.1. The van der Waals surface area contributed by atoms with Gasteiger partial charge in [-0.05, 0) is 34.2 Å². The van der Waals surface area contributed by atoms with Gasteiger partial charge in [0, 0.05) is 14.1 Å². The Hall–Kier alpha value is -4.48. The smallest absolute Gasteiger partial charge is 0.408 e. The lowest BCUT2D eigenvalue weighted by Gasteiger charge is -2.20. The van der Waals surface area contributed by atoms with Gasteiger partial charge in [-0.1, -0.05) is 42.5 Å². The van der Waals surface area contributed by atoms with Crippen molar-refractivity contribution in [2.75, 3.05) is 14.1 Å². The summed E-state index contributed by atoms with van der Waals surface area (Å²) in [6.45, 7) is -0.218. The predicted molar refractivity (Wildman–Crippen MR) is 127 cm³/mol. The Balaban J connectivity index is 1.49. The van der Waals surface area contributed by atoms with Crippen molar-refractivity contribution >= 4 is 18.0 Å². The van der Waals surface area contributed by atoms with Crippen LogP contribution in [0.2, 0.25) is 0 Å². The maximum absolute atomic E-state index is 14.0. The Bertz CT molecular complexity index is 1450. The largest absolute Gasteiger partial charge is 0.445 e. The molecule has 1 N–H and O–H groups in total. The molecule has 1 atom stereocenters. The van der Waals surface area contributed by atoms with Crippen LogP contribution in [0.25, 0.3) is 11.1 Å². The van der Waals surface area contributed by atoms with Crippen LogP contribution >= 0.6 is 0 Å². The first-order valence-electron chi connectivity index (χ1n) is 11.5. The molecular formula is C27H21F5N2O5. The first-order chi connectivity index (χ1) is 18.5. The Morgan fingerprint density at radius 2 is 1.49 bits per heavy atom. The fraction of sp³-hybridized carbons (Fsp3) is 0.222. The molecule has 3 aromatic carbocycles. The number of rotatable bonds is 7. The number of carbonyl (C=O) groups is 3. The molecule has 1 aliphatic carbocycles. The van der Waals surface area contributed by atoms with E-state index in [1.165, 1.54) is 14.1 Å². The van der Waals surface area contributed by atoms with E-state index in [1.807, 2.05) is 30.3 Å². The molecule has 0 bridgehead atoms. The number of nitrogens with zero attached hydrogens (tertiary/aromatic N) is 1. The van der Waals surface area contributed by atoms with E-state index in [0.717, 1.165) is 27.2 Å². The third-order valence-corrected chi connectivity index (χ3v) is 6.13. The molecule has 0 saturated carbocycles. The summed E-state index contributed by atoms with van der Waals surface area (Å²) in [6.07, 6.45) is -1.33. The average molecular weight is 548 g/mol. The summed E-state index contributed by atoms with van der Waals surface area (Å²) in [6, 6.07) is 11.4. The van der Waals surface area contributed by atoms with Crippen molar-refractivity contribution in [2.24, 2.45) is 0 Å². The molecule has 0 unspecified atom stereocenters. The van der Waals surface area contributed by atoms with Crippen molar-refractivity contribution in [3.8, 4) is 16.9 Å². The lowest BCUT2D eigenvalue weighted by Crippen LogP contribution is -2.46. The molecule has 2 amide bonds. The van der Waals surface area contributed by atoms with Crippen LogP contribution in [0.5, 0.6) is 5.75 Å². The summed E-state index contributed by atoms with van der Waals surface area (Å²) in [7, 11) is 2.67. The summed E-state index contributed by atoms with van der Waals surface area (Å²) < 4.78 is 78.0. The molecule has 4 rings (SSSR count). The minimum atomic E-state index is -2.44. The van der Waals surface area contributed by atoms with Gasteiger partial charge in [0.2, 0.25) is 40.7 Å². The number of alkyl carbamates (subject to hydrolysis) is 1. The van der Waals surface area contributed by atoms with Crippen LogP contribution in [0.1, 0.15) is 23.1 Å². The number of carbonyl (C=O) groups excluding carboxylic acids is 3. The van der Waals surface area contributed by atoms with Crippen molar-refractivity contribution in [1.82, 2.24) is 10.2 Å². The number of ether oxygens (including phenoxy) is 2. The van der Waals surface area contributed by atoms with Crippen LogP contribution in [-0.2, 0) is 27.4 Å². The molecule has 7 nitrogen and oxygen atoms in total. The van der Waals surface area contributed by atoms with Gasteiger partial charge < -0.3 is 19.7 Å². The molecular weight excluding hydrogens is 527 g/mol. The Kier molecular flexibility index (Phi) is 7.84. The van der Waals surface area contributed by atoms with Gasteiger partial charge >= 0.3 is 12.1 Å². The zero-order chi connectivity index (χ0) is 28.4. The van der Waals surface area contributed by atoms with Crippen molar-refractivity contribution in [3.63, 3.8) is 0 Å². The molecule has 3 aromatic rings. The molecule has 0 radical (unpaired) electrons. The van der Waals surface area contributed by atoms with E-state index in [-0.39, 0.29) is 6.61 Å². The van der Waals surface area contributed by atoms with Crippen molar-refractivity contribution in [3.05, 3.63) is 88.2 Å². The second-order valence-electron chi connectivity index (χ2n) is 8.86. The van der Waals surface area contributed by atoms with Gasteiger partial charge in [0.05, 0.1) is 6.42 Å². The Morgan fingerprint density at radius 1 is 0.872 bits per heavy atom. The minimum absolute atomic E-state index is 0.218. The van der Waals surface area contributed by atoms with Crippen LogP contribution in [-0.4, -0.2) is 43.0 Å². The van der Waals surface area contributed by atoms with Crippen molar-refractivity contribution in [2.45, 2.75) is 25.5 Å². The highest BCUT2D eigenvalue weighted by Crippen LogP contribution is 2.38. The molecule has 12 heteroatoms. The standard InChI is InChI=1S/C27H21F5N2O5/c1-34(2)19(35)11-18(26(36)39-25-23(31)21(29)20(28)22(30)24(25)32)33-27(37)38-12-14-7-5-9-16-15-8-4-3-6-13(15)10-17(14)16/h3-9,18H,10-12H2,1-2H3,(H,33,37)/t18-/m0/s1. The third kappa shape index (κ3) is 5.54. The second-order valence-corrected chi connectivity index (χ2v) is 8.86. The van der Waals surface area contributed by atoms with Crippen LogP contribution in [0.3, 0.4) is 0 Å². The van der Waals surface area contributed by atoms with Crippen molar-refractivity contribution in [1.29, 1.82) is 0 Å². The summed E-state index contributed by atoms with van der Waals surface area (Å²) in [5.41, 5.74) is 4.76. The summed E-state index contributed by atoms with van der Waals surface area (Å²) >= 11 is 0. The maximum Gasteiger partial charge on any atom is 0.408 e. The molecule has 0 spiro atoms. The number of hydrogen-bond donors (Lipinski definition) is 1. The fourth-order valence-corrected chi connectivity index (χ4v) is 4.08. The highest BCUT2D eigenvalue weighted by molar-refractivity contribution is 5.89. The van der Waals surface area contributed by atoms with Gasteiger partial charge in [0.25, 0.3) is 0 Å². The van der Waals surface area contributed by atoms with Gasteiger partial charge in [-0.3, -0.25) is 4.79 Å². The summed E-state index contributed by atoms with van der Waals surface area (Å²) in [5.74, 6) is -16.1. The average Bonchev–Trinajstić information content (AvgIpc) is 3.30. The zero-order valence-corrected chi connectivity index (χ0v) is 20.6. The number of fused-ring (bicyclic) bond motifs is 3. The zero-order valence-electron chi connectivity index (χ0n) is 20.6. The Morgan fingerprint density at radius 3 is 2.15 bits per heavy atom. The third-order valence-electron chi connectivity index (χ3n) is 6.13. The molecule has 204 valence electrons. The van der Waals surface area contributed by atoms with E-state index in [9.17, 15) is 36.3 Å². The summed E-state index contributed by atoms with van der Waals surface area (Å²) in [5, 5.41) is 2.07. The minimum Gasteiger partial charge on any atom is -0.445 e. The lowest BCUT2D eigenvalue weighted by atomic mass is 10.0. The molecule has 1 aliphatic rings. The van der Waals surface area contributed by atoms with E-state index >= 15 is 0 Å². The van der Waals surface area contributed by atoms with Gasteiger partial charge in [-0.15, -0.1) is 0 Å². The van der Waals surface area contributed by atoms with Crippen LogP contribution in [0.15, 0.2) is 42.5 Å². The molecule has 0 fully saturated rings. The highest BCUT2D eigenvalue weighted by Gasteiger charge is 2.33. The van der Waals surface area contributed by atoms with E-state index in [2.05, 4.69) is 10.1 Å². The quantitative estimate of drug-likeness (QED) is 0.120. The maximum atomic E-state index is 14.0. The van der Waals surface area contributed by atoms with Gasteiger partial charge in [0.1, 0.15) is 12.6 Å². The molecule has 0 saturated heterocycles. The lowest BCUT2D eigenvalue weighted by molar-refractivity contribution is -0.140. The highest BCUT2D eigenvalue weighted by atomic mass is 19.2. The van der Waals surface area contributed by atoms with E-state index < -0.39 is 65.3 Å². The number of amides is 2. The summed E-state index contributed by atoms with van der Waals surface area (Å²) in [4.78, 5) is 38.4. The number of halogens is 5. The molecule has 0 aliphatic heterocycles. The monoisotopic (exact) mass is 548 g/mol. The first-order valence-corrected chi connectivity index (χ1v) is 11.5. The van der Waals surface area contributed by atoms with Crippen LogP contribution in [0, 0.1) is 29.1 Å². The number of hydrogen-bond acceptors (Lipinski definition) is 5. The van der Waals surface area contributed by atoms with Crippen LogP contribution < -0.4 is 10.1 Å². The predicted octanol–water partition coefficient (Wildman–Crippen LogP) is 4.63. The van der Waals surface area contributed by atoms with E-state index in [1.54, 1.807) is 12.1 Å². The van der Waals surface area contributed by atoms with Crippen LogP contribution in [0.4, 0.5) is 26.7 Å². The normalized spacial score (nSPS) is 12.3. The number of nitrogens with one attached hydrogen (secondary N) is 1. The number of esters is 1. The van der Waals surface area contributed by atoms with Gasteiger partial charge in [0.15, 0.2) is 0 Å². The Labute approximate surface area is 219 Å².